The van der Waals surface area contributed by atoms with Crippen LogP contribution in [0.1, 0.15) is 11.4 Å². The van der Waals surface area contributed by atoms with Gasteiger partial charge in [0.25, 0.3) is 0 Å². The summed E-state index contributed by atoms with van der Waals surface area (Å²) in [6, 6.07) is 0.933. The Morgan fingerprint density at radius 3 is 2.61 bits per heavy atom. The van der Waals surface area contributed by atoms with Crippen molar-refractivity contribution < 1.29 is 13.2 Å². The summed E-state index contributed by atoms with van der Waals surface area (Å²) in [6.45, 7) is 1.49. The average Bonchev–Trinajstić information content (AvgIpc) is 2.64. The highest BCUT2D eigenvalue weighted by Gasteiger charge is 2.34. The monoisotopic (exact) mass is 340 g/mol. The van der Waals surface area contributed by atoms with E-state index in [1.165, 1.54) is 13.1 Å². The highest BCUT2D eigenvalue weighted by Crippen LogP contribution is 2.30. The lowest BCUT2D eigenvalue weighted by atomic mass is 10.3. The molecule has 0 spiro atoms. The number of hydrogen-bond acceptors (Lipinski definition) is 3. The molecule has 4 nitrogen and oxygen atoms in total. The Bertz CT molecular complexity index is 596. The van der Waals surface area contributed by atoms with Crippen molar-refractivity contribution in [2.75, 3.05) is 0 Å². The molecule has 9 heteroatoms. The Balaban J connectivity index is 2.58. The van der Waals surface area contributed by atoms with Gasteiger partial charge in [-0.25, -0.2) is 9.67 Å². The molecule has 0 aliphatic carbocycles. The van der Waals surface area contributed by atoms with E-state index in [-0.39, 0.29) is 16.8 Å². The summed E-state index contributed by atoms with van der Waals surface area (Å²) in [5.74, 6) is 0.156. The van der Waals surface area contributed by atoms with Crippen LogP contribution in [0.2, 0.25) is 5.28 Å². The largest absolute Gasteiger partial charge is 0.435 e. The second-order valence-corrected chi connectivity index (χ2v) is 4.58. The van der Waals surface area contributed by atoms with Crippen LogP contribution in [0.5, 0.6) is 0 Å². The number of halogens is 5. The number of rotatable bonds is 1. The number of aryl methyl sites for hydroxylation is 1. The third-order valence-corrected chi connectivity index (χ3v) is 2.82. The minimum absolute atomic E-state index is 0.0725. The molecule has 0 saturated carbocycles. The molecule has 96 valence electrons. The highest BCUT2D eigenvalue weighted by atomic mass is 79.9. The van der Waals surface area contributed by atoms with Gasteiger partial charge in [-0.3, -0.25) is 0 Å². The third-order valence-electron chi connectivity index (χ3n) is 2.07. The van der Waals surface area contributed by atoms with E-state index in [2.05, 4.69) is 31.0 Å². The van der Waals surface area contributed by atoms with Crippen molar-refractivity contribution in [1.82, 2.24) is 19.7 Å². The molecule has 0 atom stereocenters. The van der Waals surface area contributed by atoms with Gasteiger partial charge in [0.2, 0.25) is 5.28 Å². The van der Waals surface area contributed by atoms with Gasteiger partial charge < -0.3 is 0 Å². The van der Waals surface area contributed by atoms with Crippen LogP contribution in [0, 0.1) is 6.92 Å². The molecular weight excluding hydrogens is 336 g/mol. The first-order valence-corrected chi connectivity index (χ1v) is 5.78. The second-order valence-electron chi connectivity index (χ2n) is 3.39. The molecular formula is C9H5BrClF3N4. The lowest BCUT2D eigenvalue weighted by Gasteiger charge is -2.05. The van der Waals surface area contributed by atoms with Crippen LogP contribution < -0.4 is 0 Å². The van der Waals surface area contributed by atoms with Gasteiger partial charge in [0.1, 0.15) is 0 Å². The van der Waals surface area contributed by atoms with Crippen molar-refractivity contribution in [3.63, 3.8) is 0 Å². The lowest BCUT2D eigenvalue weighted by Crippen LogP contribution is -2.09. The van der Waals surface area contributed by atoms with Crippen molar-refractivity contribution in [2.24, 2.45) is 0 Å². The number of aromatic nitrogens is 4. The zero-order chi connectivity index (χ0) is 13.5. The molecule has 0 unspecified atom stereocenters. The Morgan fingerprint density at radius 2 is 2.06 bits per heavy atom. The topological polar surface area (TPSA) is 43.6 Å². The fourth-order valence-electron chi connectivity index (χ4n) is 1.31. The van der Waals surface area contributed by atoms with E-state index in [4.69, 9.17) is 11.6 Å². The normalized spacial score (nSPS) is 11.9. The summed E-state index contributed by atoms with van der Waals surface area (Å²) < 4.78 is 39.0. The summed E-state index contributed by atoms with van der Waals surface area (Å²) in [7, 11) is 0. The maximum atomic E-state index is 12.5. The van der Waals surface area contributed by atoms with Crippen LogP contribution in [0.3, 0.4) is 0 Å². The van der Waals surface area contributed by atoms with Gasteiger partial charge in [0, 0.05) is 11.9 Å². The molecule has 18 heavy (non-hydrogen) atoms. The predicted octanol–water partition coefficient (Wildman–Crippen LogP) is 3.41. The molecule has 0 aliphatic rings. The summed E-state index contributed by atoms with van der Waals surface area (Å²) in [6.07, 6.45) is -3.15. The molecule has 0 amide bonds. The van der Waals surface area contributed by atoms with Crippen molar-refractivity contribution in [3.8, 4) is 5.82 Å². The van der Waals surface area contributed by atoms with Gasteiger partial charge in [-0.1, -0.05) is 0 Å². The van der Waals surface area contributed by atoms with E-state index >= 15 is 0 Å². The predicted molar refractivity (Wildman–Crippen MR) is 61.6 cm³/mol. The van der Waals surface area contributed by atoms with Crippen LogP contribution >= 0.6 is 27.5 Å². The van der Waals surface area contributed by atoms with Crippen molar-refractivity contribution in [2.45, 2.75) is 13.1 Å². The van der Waals surface area contributed by atoms with Gasteiger partial charge in [0.05, 0.1) is 4.47 Å². The smallest absolute Gasteiger partial charge is 0.225 e. The quantitative estimate of drug-likeness (QED) is 0.747. The van der Waals surface area contributed by atoms with E-state index in [1.807, 2.05) is 0 Å². The van der Waals surface area contributed by atoms with E-state index in [9.17, 15) is 13.2 Å². The van der Waals surface area contributed by atoms with Crippen molar-refractivity contribution in [3.05, 3.63) is 33.4 Å². The number of hydrogen-bond donors (Lipinski definition) is 0. The van der Waals surface area contributed by atoms with Crippen molar-refractivity contribution >= 4 is 27.5 Å². The summed E-state index contributed by atoms with van der Waals surface area (Å²) in [4.78, 5) is 7.53. The molecule has 0 saturated heterocycles. The van der Waals surface area contributed by atoms with Gasteiger partial charge in [0.15, 0.2) is 11.5 Å². The molecule has 2 aromatic rings. The molecule has 0 bridgehead atoms. The molecule has 0 radical (unpaired) electrons. The molecule has 2 aromatic heterocycles. The number of nitrogens with zero attached hydrogens (tertiary/aromatic N) is 4. The molecule has 2 rings (SSSR count). The zero-order valence-electron chi connectivity index (χ0n) is 8.83. The standard InChI is InChI=1S/C9H5BrClF3N4/c1-4-2-6(9(12,13)14)17-18(4)7-5(10)3-15-8(11)16-7/h2-3H,1H3. The Kier molecular flexibility index (Phi) is 3.33. The number of alkyl halides is 3. The van der Waals surface area contributed by atoms with Crippen LogP contribution in [0.15, 0.2) is 16.7 Å². The van der Waals surface area contributed by atoms with Crippen LogP contribution in [0.25, 0.3) is 5.82 Å². The van der Waals surface area contributed by atoms with E-state index in [0.717, 1.165) is 10.7 Å². The minimum Gasteiger partial charge on any atom is -0.225 e. The Labute approximate surface area is 113 Å². The summed E-state index contributed by atoms with van der Waals surface area (Å²) in [5.41, 5.74) is -0.695. The van der Waals surface area contributed by atoms with Crippen LogP contribution in [-0.2, 0) is 6.18 Å². The molecule has 0 fully saturated rings. The Morgan fingerprint density at radius 1 is 1.39 bits per heavy atom. The summed E-state index contributed by atoms with van der Waals surface area (Å²) in [5, 5.41) is 3.39. The van der Waals surface area contributed by atoms with E-state index in [1.54, 1.807) is 0 Å². The fourth-order valence-corrected chi connectivity index (χ4v) is 1.80. The minimum atomic E-state index is -4.50. The molecule has 0 aromatic carbocycles. The van der Waals surface area contributed by atoms with Crippen molar-refractivity contribution in [1.29, 1.82) is 0 Å². The molecule has 0 N–H and O–H groups in total. The fraction of sp³-hybridized carbons (Fsp3) is 0.222. The maximum Gasteiger partial charge on any atom is 0.435 e. The molecule has 2 heterocycles. The first-order valence-electron chi connectivity index (χ1n) is 4.61. The second kappa shape index (κ2) is 4.51. The maximum absolute atomic E-state index is 12.5. The van der Waals surface area contributed by atoms with Crippen LogP contribution in [-0.4, -0.2) is 19.7 Å². The van der Waals surface area contributed by atoms with Gasteiger partial charge >= 0.3 is 6.18 Å². The SMILES string of the molecule is Cc1cc(C(F)(F)F)nn1-c1nc(Cl)ncc1Br. The van der Waals surface area contributed by atoms with Gasteiger partial charge in [-0.15, -0.1) is 0 Å². The van der Waals surface area contributed by atoms with Gasteiger partial charge in [-0.05, 0) is 40.5 Å². The highest BCUT2D eigenvalue weighted by molar-refractivity contribution is 9.10. The average molecular weight is 342 g/mol. The van der Waals surface area contributed by atoms with Gasteiger partial charge in [-0.2, -0.15) is 23.3 Å². The Hall–Kier alpha value is -1.15. The summed E-state index contributed by atoms with van der Waals surface area (Å²) >= 11 is 8.74. The van der Waals surface area contributed by atoms with E-state index in [0.29, 0.717) is 4.47 Å². The van der Waals surface area contributed by atoms with E-state index < -0.39 is 11.9 Å². The third kappa shape index (κ3) is 2.49. The zero-order valence-corrected chi connectivity index (χ0v) is 11.2. The first-order chi connectivity index (χ1) is 8.29. The lowest BCUT2D eigenvalue weighted by molar-refractivity contribution is -0.141. The molecule has 0 aliphatic heterocycles. The van der Waals surface area contributed by atoms with Crippen LogP contribution in [0.4, 0.5) is 13.2 Å². The first kappa shape index (κ1) is 13.3.